The van der Waals surface area contributed by atoms with Crippen LogP contribution >= 0.6 is 0 Å². The number of hydrogen-bond acceptors (Lipinski definition) is 3. The minimum Gasteiger partial charge on any atom is -0.309 e. The molecule has 136 valence electrons. The Bertz CT molecular complexity index is 937. The standard InChI is InChI=1S/C20H22N2O3S/c1-14-11-17-12-18(9-10-19(17)22(14)20(23)16-7-8-16)26(24,25)21-13-15-5-3-2-4-6-15/h2-6,9-10,12,14,16,21H,7-8,11,13H2,1H3/t14-/m0/s1. The second-order valence-electron chi connectivity index (χ2n) is 7.14. The van der Waals surface area contributed by atoms with Crippen LogP contribution in [0.25, 0.3) is 0 Å². The first-order valence-electron chi connectivity index (χ1n) is 8.95. The van der Waals surface area contributed by atoms with E-state index in [0.717, 1.165) is 29.7 Å². The van der Waals surface area contributed by atoms with Crippen LogP contribution in [-0.4, -0.2) is 20.4 Å². The van der Waals surface area contributed by atoms with Crippen LogP contribution in [0, 0.1) is 5.92 Å². The number of amides is 1. The van der Waals surface area contributed by atoms with Gasteiger partial charge in [-0.05, 0) is 55.5 Å². The molecule has 0 bridgehead atoms. The van der Waals surface area contributed by atoms with Crippen molar-refractivity contribution in [3.8, 4) is 0 Å². The van der Waals surface area contributed by atoms with Crippen molar-refractivity contribution in [1.82, 2.24) is 4.72 Å². The van der Waals surface area contributed by atoms with Crippen LogP contribution in [0.1, 0.15) is 30.9 Å². The molecule has 1 aliphatic carbocycles. The van der Waals surface area contributed by atoms with Crippen LogP contribution in [0.3, 0.4) is 0 Å². The van der Waals surface area contributed by atoms with Gasteiger partial charge in [-0.25, -0.2) is 13.1 Å². The summed E-state index contributed by atoms with van der Waals surface area (Å²) in [6.45, 7) is 2.27. The van der Waals surface area contributed by atoms with E-state index in [-0.39, 0.29) is 29.3 Å². The van der Waals surface area contributed by atoms with Gasteiger partial charge in [0.15, 0.2) is 0 Å². The SMILES string of the molecule is C[C@H]1Cc2cc(S(=O)(=O)NCc3ccccc3)ccc2N1C(=O)C1CC1. The molecule has 0 radical (unpaired) electrons. The topological polar surface area (TPSA) is 66.5 Å². The number of rotatable bonds is 5. The van der Waals surface area contributed by atoms with Gasteiger partial charge in [-0.1, -0.05) is 30.3 Å². The third-order valence-corrected chi connectivity index (χ3v) is 6.45. The second kappa shape index (κ2) is 6.52. The number of sulfonamides is 1. The van der Waals surface area contributed by atoms with E-state index >= 15 is 0 Å². The van der Waals surface area contributed by atoms with Gasteiger partial charge in [0, 0.05) is 24.2 Å². The summed E-state index contributed by atoms with van der Waals surface area (Å²) in [6.07, 6.45) is 2.62. The molecule has 1 N–H and O–H groups in total. The van der Waals surface area contributed by atoms with E-state index in [0.29, 0.717) is 6.42 Å². The van der Waals surface area contributed by atoms with Gasteiger partial charge in [0.1, 0.15) is 0 Å². The minimum atomic E-state index is -3.59. The molecule has 0 spiro atoms. The number of nitrogens with one attached hydrogen (secondary N) is 1. The van der Waals surface area contributed by atoms with Crippen molar-refractivity contribution >= 4 is 21.6 Å². The highest BCUT2D eigenvalue weighted by molar-refractivity contribution is 7.89. The molecule has 1 atom stereocenters. The zero-order valence-electron chi connectivity index (χ0n) is 14.7. The third kappa shape index (κ3) is 3.27. The normalized spacial score (nSPS) is 19.4. The first kappa shape index (κ1) is 17.2. The van der Waals surface area contributed by atoms with Gasteiger partial charge >= 0.3 is 0 Å². The molecule has 2 aromatic rings. The highest BCUT2D eigenvalue weighted by Crippen LogP contribution is 2.39. The third-order valence-electron chi connectivity index (χ3n) is 5.05. The largest absolute Gasteiger partial charge is 0.309 e. The van der Waals surface area contributed by atoms with Crippen molar-refractivity contribution in [2.24, 2.45) is 5.92 Å². The Labute approximate surface area is 154 Å². The number of carbonyl (C=O) groups is 1. The van der Waals surface area contributed by atoms with E-state index in [4.69, 9.17) is 0 Å². The summed E-state index contributed by atoms with van der Waals surface area (Å²) in [7, 11) is -3.59. The predicted octanol–water partition coefficient (Wildman–Crippen LogP) is 2.85. The molecule has 1 amide bonds. The fraction of sp³-hybridized carbons (Fsp3) is 0.350. The zero-order chi connectivity index (χ0) is 18.3. The Hall–Kier alpha value is -2.18. The van der Waals surface area contributed by atoms with E-state index in [1.807, 2.05) is 42.2 Å². The predicted molar refractivity (Wildman–Crippen MR) is 100 cm³/mol. The number of carbonyl (C=O) groups excluding carboxylic acids is 1. The first-order valence-corrected chi connectivity index (χ1v) is 10.4. The van der Waals surface area contributed by atoms with Crippen LogP contribution in [0.5, 0.6) is 0 Å². The first-order chi connectivity index (χ1) is 12.5. The van der Waals surface area contributed by atoms with E-state index < -0.39 is 10.0 Å². The molecule has 1 saturated carbocycles. The number of benzene rings is 2. The summed E-state index contributed by atoms with van der Waals surface area (Å²) in [4.78, 5) is 14.6. The maximum atomic E-state index is 12.6. The van der Waals surface area contributed by atoms with E-state index in [9.17, 15) is 13.2 Å². The fourth-order valence-electron chi connectivity index (χ4n) is 3.49. The Morgan fingerprint density at radius 3 is 2.58 bits per heavy atom. The lowest BCUT2D eigenvalue weighted by atomic mass is 10.1. The molecule has 6 heteroatoms. The monoisotopic (exact) mass is 370 g/mol. The number of nitrogens with zero attached hydrogens (tertiary/aromatic N) is 1. The van der Waals surface area contributed by atoms with Crippen molar-refractivity contribution in [2.45, 2.75) is 43.7 Å². The Balaban J connectivity index is 1.55. The quantitative estimate of drug-likeness (QED) is 0.880. The van der Waals surface area contributed by atoms with Crippen molar-refractivity contribution in [3.05, 3.63) is 59.7 Å². The molecule has 4 rings (SSSR count). The maximum Gasteiger partial charge on any atom is 0.240 e. The van der Waals surface area contributed by atoms with Gasteiger partial charge in [-0.15, -0.1) is 0 Å². The van der Waals surface area contributed by atoms with E-state index in [1.165, 1.54) is 0 Å². The molecular formula is C20H22N2O3S. The van der Waals surface area contributed by atoms with Gasteiger partial charge in [-0.2, -0.15) is 0 Å². The van der Waals surface area contributed by atoms with Gasteiger partial charge < -0.3 is 4.90 Å². The van der Waals surface area contributed by atoms with E-state index in [1.54, 1.807) is 18.2 Å². The van der Waals surface area contributed by atoms with Gasteiger partial charge in [-0.3, -0.25) is 4.79 Å². The van der Waals surface area contributed by atoms with Crippen molar-refractivity contribution in [2.75, 3.05) is 4.90 Å². The lowest BCUT2D eigenvalue weighted by Gasteiger charge is -2.22. The summed E-state index contributed by atoms with van der Waals surface area (Å²) in [5.74, 6) is 0.327. The lowest BCUT2D eigenvalue weighted by Crippen LogP contribution is -2.36. The van der Waals surface area contributed by atoms with Crippen molar-refractivity contribution in [1.29, 1.82) is 0 Å². The highest BCUT2D eigenvalue weighted by Gasteiger charge is 2.39. The van der Waals surface area contributed by atoms with Gasteiger partial charge in [0.05, 0.1) is 4.90 Å². The lowest BCUT2D eigenvalue weighted by molar-refractivity contribution is -0.120. The highest BCUT2D eigenvalue weighted by atomic mass is 32.2. The summed E-state index contributed by atoms with van der Waals surface area (Å²) in [5.41, 5.74) is 2.69. The Morgan fingerprint density at radius 1 is 1.15 bits per heavy atom. The van der Waals surface area contributed by atoms with Crippen LogP contribution in [0.15, 0.2) is 53.4 Å². The van der Waals surface area contributed by atoms with Crippen LogP contribution in [-0.2, 0) is 27.8 Å². The molecule has 0 unspecified atom stereocenters. The average molecular weight is 370 g/mol. The molecule has 1 aliphatic heterocycles. The number of anilines is 1. The summed E-state index contributed by atoms with van der Waals surface area (Å²) >= 11 is 0. The van der Waals surface area contributed by atoms with E-state index in [2.05, 4.69) is 4.72 Å². The molecule has 26 heavy (non-hydrogen) atoms. The maximum absolute atomic E-state index is 12.6. The van der Waals surface area contributed by atoms with Crippen molar-refractivity contribution in [3.63, 3.8) is 0 Å². The summed E-state index contributed by atoms with van der Waals surface area (Å²) in [5, 5.41) is 0. The molecule has 0 saturated heterocycles. The summed E-state index contributed by atoms with van der Waals surface area (Å²) < 4.78 is 27.9. The van der Waals surface area contributed by atoms with Gasteiger partial charge in [0.25, 0.3) is 0 Å². The number of fused-ring (bicyclic) bond motifs is 1. The second-order valence-corrected chi connectivity index (χ2v) is 8.90. The fourth-order valence-corrected chi connectivity index (χ4v) is 4.56. The molecular weight excluding hydrogens is 348 g/mol. The Kier molecular flexibility index (Phi) is 4.32. The van der Waals surface area contributed by atoms with Crippen LogP contribution in [0.4, 0.5) is 5.69 Å². The summed E-state index contributed by atoms with van der Waals surface area (Å²) in [6, 6.07) is 14.6. The van der Waals surface area contributed by atoms with Gasteiger partial charge in [0.2, 0.25) is 15.9 Å². The van der Waals surface area contributed by atoms with Crippen LogP contribution < -0.4 is 9.62 Å². The smallest absolute Gasteiger partial charge is 0.240 e. The van der Waals surface area contributed by atoms with Crippen molar-refractivity contribution < 1.29 is 13.2 Å². The molecule has 0 aromatic heterocycles. The zero-order valence-corrected chi connectivity index (χ0v) is 15.5. The molecule has 1 heterocycles. The Morgan fingerprint density at radius 2 is 1.88 bits per heavy atom. The van der Waals surface area contributed by atoms with Crippen LogP contribution in [0.2, 0.25) is 0 Å². The molecule has 5 nitrogen and oxygen atoms in total. The minimum absolute atomic E-state index is 0.0772. The molecule has 2 aromatic carbocycles. The molecule has 1 fully saturated rings. The molecule has 2 aliphatic rings. The number of hydrogen-bond donors (Lipinski definition) is 1. The average Bonchev–Trinajstić information content (AvgIpc) is 3.42.